The van der Waals surface area contributed by atoms with Crippen LogP contribution in [0.4, 0.5) is 17.6 Å². The van der Waals surface area contributed by atoms with Gasteiger partial charge in [-0.1, -0.05) is 56.9 Å². The molecule has 1 heterocycles. The number of ether oxygens (including phenoxy) is 2. The van der Waals surface area contributed by atoms with E-state index in [9.17, 15) is 13.2 Å². The van der Waals surface area contributed by atoms with E-state index in [1.165, 1.54) is 25.7 Å². The van der Waals surface area contributed by atoms with Gasteiger partial charge in [-0.2, -0.15) is 0 Å². The van der Waals surface area contributed by atoms with Gasteiger partial charge in [0.1, 0.15) is 5.82 Å². The predicted molar refractivity (Wildman–Crippen MR) is 125 cm³/mol. The van der Waals surface area contributed by atoms with Crippen LogP contribution in [0.25, 0.3) is 10.8 Å². The Kier molecular flexibility index (Phi) is 8.22. The van der Waals surface area contributed by atoms with Crippen LogP contribution in [-0.2, 0) is 22.3 Å². The summed E-state index contributed by atoms with van der Waals surface area (Å²) in [7, 11) is 0. The van der Waals surface area contributed by atoms with Gasteiger partial charge in [-0.05, 0) is 54.0 Å². The topological polar surface area (TPSA) is 18.5 Å². The molecule has 3 aromatic rings. The fourth-order valence-corrected chi connectivity index (χ4v) is 4.49. The molecule has 1 saturated heterocycles. The zero-order chi connectivity index (χ0) is 24.1. The van der Waals surface area contributed by atoms with Crippen molar-refractivity contribution in [2.75, 3.05) is 13.2 Å². The number of rotatable bonds is 9. The molecule has 0 bridgehead atoms. The van der Waals surface area contributed by atoms with Crippen molar-refractivity contribution < 1.29 is 27.0 Å². The molecular formula is C28H30F4O2. The fourth-order valence-electron chi connectivity index (χ4n) is 4.49. The van der Waals surface area contributed by atoms with Crippen LogP contribution in [0.2, 0.25) is 0 Å². The van der Waals surface area contributed by atoms with E-state index in [-0.39, 0.29) is 24.2 Å². The van der Waals surface area contributed by atoms with Crippen molar-refractivity contribution >= 4 is 10.8 Å². The van der Waals surface area contributed by atoms with Crippen molar-refractivity contribution in [2.24, 2.45) is 5.92 Å². The Balaban J connectivity index is 1.39. The Morgan fingerprint density at radius 3 is 2.24 bits per heavy atom. The highest BCUT2D eigenvalue weighted by molar-refractivity contribution is 5.84. The number of fused-ring (bicyclic) bond motifs is 1. The second kappa shape index (κ2) is 11.3. The van der Waals surface area contributed by atoms with Crippen LogP contribution in [0.1, 0.15) is 62.0 Å². The minimum Gasteiger partial charge on any atom is -0.348 e. The van der Waals surface area contributed by atoms with E-state index in [4.69, 9.17) is 9.47 Å². The molecule has 1 aliphatic heterocycles. The highest BCUT2D eigenvalue weighted by Gasteiger charge is 2.24. The first-order chi connectivity index (χ1) is 16.5. The van der Waals surface area contributed by atoms with Gasteiger partial charge in [0.05, 0.1) is 13.2 Å². The third-order valence-corrected chi connectivity index (χ3v) is 6.49. The molecule has 0 aromatic heterocycles. The number of unbranched alkanes of at least 4 members (excludes halogenated alkanes) is 3. The summed E-state index contributed by atoms with van der Waals surface area (Å²) in [6.45, 7) is 3.52. The maximum atomic E-state index is 15.1. The van der Waals surface area contributed by atoms with Crippen molar-refractivity contribution in [1.82, 2.24) is 0 Å². The van der Waals surface area contributed by atoms with E-state index in [1.807, 2.05) is 18.2 Å². The van der Waals surface area contributed by atoms with Gasteiger partial charge in [0, 0.05) is 16.9 Å². The summed E-state index contributed by atoms with van der Waals surface area (Å²) in [4.78, 5) is 0. The molecule has 6 heteroatoms. The van der Waals surface area contributed by atoms with Gasteiger partial charge in [0.2, 0.25) is 0 Å². The van der Waals surface area contributed by atoms with Gasteiger partial charge in [-0.15, -0.1) is 0 Å². The molecule has 0 amide bonds. The lowest BCUT2D eigenvalue weighted by molar-refractivity contribution is -0.206. The van der Waals surface area contributed by atoms with Gasteiger partial charge in [-0.3, -0.25) is 0 Å². The Morgan fingerprint density at radius 2 is 1.53 bits per heavy atom. The van der Waals surface area contributed by atoms with Crippen LogP contribution in [-0.4, -0.2) is 13.2 Å². The maximum Gasteiger partial charge on any atom is 0.194 e. The lowest BCUT2D eigenvalue weighted by Crippen LogP contribution is -2.27. The van der Waals surface area contributed by atoms with E-state index in [0.29, 0.717) is 30.1 Å². The lowest BCUT2D eigenvalue weighted by atomic mass is 9.98. The molecule has 0 spiro atoms. The van der Waals surface area contributed by atoms with Gasteiger partial charge < -0.3 is 9.47 Å². The number of hydrogen-bond donors (Lipinski definition) is 0. The third kappa shape index (κ3) is 5.78. The van der Waals surface area contributed by atoms with Crippen LogP contribution < -0.4 is 0 Å². The summed E-state index contributed by atoms with van der Waals surface area (Å²) >= 11 is 0. The Morgan fingerprint density at radius 1 is 0.794 bits per heavy atom. The first kappa shape index (κ1) is 24.7. The van der Waals surface area contributed by atoms with Gasteiger partial charge in [-0.25, -0.2) is 17.6 Å². The predicted octanol–water partition coefficient (Wildman–Crippen LogP) is 7.81. The van der Waals surface area contributed by atoms with Crippen LogP contribution in [0.5, 0.6) is 0 Å². The van der Waals surface area contributed by atoms with Gasteiger partial charge in [0.25, 0.3) is 0 Å². The monoisotopic (exact) mass is 474 g/mol. The largest absolute Gasteiger partial charge is 0.348 e. The molecule has 0 N–H and O–H groups in total. The minimum atomic E-state index is -1.50. The Labute approximate surface area is 197 Å². The van der Waals surface area contributed by atoms with Crippen LogP contribution in [0, 0.1) is 29.2 Å². The Hall–Kier alpha value is -2.44. The SMILES string of the molecule is CCCCCCC1COC(c2ccc3c(F)c(CCc4cc(F)c(F)c(F)c4)ccc3c2)OC1. The normalized spacial score (nSPS) is 18.5. The zero-order valence-corrected chi connectivity index (χ0v) is 19.4. The fraction of sp³-hybridized carbons (Fsp3) is 0.429. The summed E-state index contributed by atoms with van der Waals surface area (Å²) in [6, 6.07) is 10.8. The Bertz CT molecular complexity index is 1100. The quantitative estimate of drug-likeness (QED) is 0.179. The first-order valence-electron chi connectivity index (χ1n) is 12.0. The molecule has 4 rings (SSSR count). The summed E-state index contributed by atoms with van der Waals surface area (Å²) in [5.74, 6) is -3.93. The average Bonchev–Trinajstić information content (AvgIpc) is 2.85. The maximum absolute atomic E-state index is 15.1. The zero-order valence-electron chi connectivity index (χ0n) is 19.4. The first-order valence-corrected chi connectivity index (χ1v) is 12.0. The second-order valence-corrected chi connectivity index (χ2v) is 9.11. The summed E-state index contributed by atoms with van der Waals surface area (Å²) in [5.41, 5.74) is 1.56. The second-order valence-electron chi connectivity index (χ2n) is 9.11. The summed E-state index contributed by atoms with van der Waals surface area (Å²) in [5, 5.41) is 1.19. The molecular weight excluding hydrogens is 444 g/mol. The van der Waals surface area contributed by atoms with Crippen molar-refractivity contribution in [3.8, 4) is 0 Å². The van der Waals surface area contributed by atoms with E-state index in [1.54, 1.807) is 12.1 Å². The van der Waals surface area contributed by atoms with E-state index < -0.39 is 23.7 Å². The molecule has 2 nitrogen and oxygen atoms in total. The van der Waals surface area contributed by atoms with E-state index in [2.05, 4.69) is 6.92 Å². The smallest absolute Gasteiger partial charge is 0.194 e. The molecule has 0 unspecified atom stereocenters. The van der Waals surface area contributed by atoms with Crippen LogP contribution in [0.3, 0.4) is 0 Å². The third-order valence-electron chi connectivity index (χ3n) is 6.49. The van der Waals surface area contributed by atoms with Crippen LogP contribution >= 0.6 is 0 Å². The number of aryl methyl sites for hydroxylation is 2. The van der Waals surface area contributed by atoms with Crippen molar-refractivity contribution in [2.45, 2.75) is 58.2 Å². The van der Waals surface area contributed by atoms with E-state index in [0.717, 1.165) is 29.5 Å². The molecule has 0 radical (unpaired) electrons. The van der Waals surface area contributed by atoms with Crippen LogP contribution in [0.15, 0.2) is 42.5 Å². The molecule has 3 aromatic carbocycles. The highest BCUT2D eigenvalue weighted by Crippen LogP contribution is 2.31. The van der Waals surface area contributed by atoms with E-state index >= 15 is 4.39 Å². The molecule has 34 heavy (non-hydrogen) atoms. The number of hydrogen-bond acceptors (Lipinski definition) is 2. The molecule has 1 fully saturated rings. The number of benzene rings is 3. The lowest BCUT2D eigenvalue weighted by Gasteiger charge is -2.30. The molecule has 0 aliphatic carbocycles. The van der Waals surface area contributed by atoms with Crippen molar-refractivity contribution in [3.63, 3.8) is 0 Å². The minimum absolute atomic E-state index is 0.192. The standard InChI is InChI=1S/C28H30F4O2/c1-2-3-4-5-6-19-16-33-28(34-17-19)22-11-12-23-21(15-22)10-9-20(26(23)31)8-7-18-13-24(29)27(32)25(30)14-18/h9-15,19,28H,2-8,16-17H2,1H3. The van der Waals surface area contributed by atoms with Gasteiger partial charge >= 0.3 is 0 Å². The van der Waals surface area contributed by atoms with Crippen molar-refractivity contribution in [3.05, 3.63) is 82.4 Å². The summed E-state index contributed by atoms with van der Waals surface area (Å²) in [6.07, 6.45) is 6.00. The number of halogens is 4. The van der Waals surface area contributed by atoms with Crippen molar-refractivity contribution in [1.29, 1.82) is 0 Å². The molecule has 0 atom stereocenters. The average molecular weight is 475 g/mol. The molecule has 182 valence electrons. The summed E-state index contributed by atoms with van der Waals surface area (Å²) < 4.78 is 67.0. The molecule has 0 saturated carbocycles. The highest BCUT2D eigenvalue weighted by atomic mass is 19.2. The molecule has 1 aliphatic rings. The van der Waals surface area contributed by atoms with Gasteiger partial charge in [0.15, 0.2) is 23.7 Å².